The minimum absolute atomic E-state index is 0.0724. The largest absolute Gasteiger partial charge is 0.463 e. The molecule has 158 valence electrons. The van der Waals surface area contributed by atoms with Crippen LogP contribution in [0.3, 0.4) is 0 Å². The quantitative estimate of drug-likeness (QED) is 0.489. The zero-order valence-corrected chi connectivity index (χ0v) is 15.5. The van der Waals surface area contributed by atoms with Gasteiger partial charge in [-0.15, -0.1) is 0 Å². The van der Waals surface area contributed by atoms with Gasteiger partial charge in [-0.05, 0) is 18.2 Å². The molecular formula is C21H19FO8. The van der Waals surface area contributed by atoms with E-state index in [2.05, 4.69) is 0 Å². The molecule has 0 saturated carbocycles. The molecule has 1 fully saturated rings. The van der Waals surface area contributed by atoms with Crippen molar-refractivity contribution in [1.29, 1.82) is 0 Å². The van der Waals surface area contributed by atoms with E-state index in [0.717, 1.165) is 6.26 Å². The Morgan fingerprint density at radius 2 is 1.77 bits per heavy atom. The third kappa shape index (κ3) is 3.57. The number of benzene rings is 2. The van der Waals surface area contributed by atoms with Crippen LogP contribution in [0.15, 0.2) is 57.9 Å². The highest BCUT2D eigenvalue weighted by Crippen LogP contribution is 2.28. The van der Waals surface area contributed by atoms with Crippen LogP contribution in [0.5, 0.6) is 5.75 Å². The van der Waals surface area contributed by atoms with Gasteiger partial charge in [0.2, 0.25) is 11.7 Å². The van der Waals surface area contributed by atoms with Crippen molar-refractivity contribution in [2.75, 3.05) is 6.61 Å². The first-order chi connectivity index (χ1) is 14.4. The third-order valence-corrected chi connectivity index (χ3v) is 5.01. The SMILES string of the molecule is O=c1c(-c2ccccc2F)coc2cc(O[C@H]3O[C@@H](CO)[C@@H](O)[C@@H](O)[C@@H]3O)ccc12. The minimum Gasteiger partial charge on any atom is -0.463 e. The molecule has 9 heteroatoms. The van der Waals surface area contributed by atoms with E-state index in [1.165, 1.54) is 36.4 Å². The van der Waals surface area contributed by atoms with Gasteiger partial charge in [-0.1, -0.05) is 18.2 Å². The molecule has 1 aromatic heterocycles. The maximum absolute atomic E-state index is 14.0. The molecule has 1 aliphatic heterocycles. The Labute approximate surface area is 169 Å². The van der Waals surface area contributed by atoms with Crippen LogP contribution < -0.4 is 10.2 Å². The average molecular weight is 418 g/mol. The molecule has 4 rings (SSSR count). The number of hydrogen-bond donors (Lipinski definition) is 4. The Hall–Kier alpha value is -2.82. The second-order valence-corrected chi connectivity index (χ2v) is 6.93. The fourth-order valence-corrected chi connectivity index (χ4v) is 3.35. The summed E-state index contributed by atoms with van der Waals surface area (Å²) in [4.78, 5) is 12.8. The van der Waals surface area contributed by atoms with Gasteiger partial charge in [0, 0.05) is 11.6 Å². The van der Waals surface area contributed by atoms with Crippen molar-refractivity contribution in [3.8, 4) is 16.9 Å². The van der Waals surface area contributed by atoms with E-state index in [0.29, 0.717) is 0 Å². The summed E-state index contributed by atoms with van der Waals surface area (Å²) in [6.45, 7) is -0.587. The zero-order valence-electron chi connectivity index (χ0n) is 15.5. The Morgan fingerprint density at radius 3 is 2.50 bits per heavy atom. The summed E-state index contributed by atoms with van der Waals surface area (Å²) in [5.74, 6) is -0.402. The van der Waals surface area contributed by atoms with Crippen molar-refractivity contribution in [3.05, 3.63) is 64.8 Å². The molecule has 0 aliphatic carbocycles. The van der Waals surface area contributed by atoms with E-state index < -0.39 is 48.6 Å². The Morgan fingerprint density at radius 1 is 1.00 bits per heavy atom. The van der Waals surface area contributed by atoms with Crippen molar-refractivity contribution in [3.63, 3.8) is 0 Å². The van der Waals surface area contributed by atoms with Gasteiger partial charge in [0.25, 0.3) is 0 Å². The van der Waals surface area contributed by atoms with E-state index in [1.54, 1.807) is 6.07 Å². The summed E-state index contributed by atoms with van der Waals surface area (Å²) in [6.07, 6.45) is -5.99. The lowest BCUT2D eigenvalue weighted by molar-refractivity contribution is -0.277. The van der Waals surface area contributed by atoms with Crippen LogP contribution in [0.4, 0.5) is 4.39 Å². The van der Waals surface area contributed by atoms with Gasteiger partial charge in [0.1, 0.15) is 47.8 Å². The number of aliphatic hydroxyl groups is 4. The number of aliphatic hydroxyl groups excluding tert-OH is 4. The smallest absolute Gasteiger partial charge is 0.229 e. The van der Waals surface area contributed by atoms with Gasteiger partial charge in [-0.25, -0.2) is 4.39 Å². The summed E-state index contributed by atoms with van der Waals surface area (Å²) >= 11 is 0. The molecule has 0 unspecified atom stereocenters. The number of ether oxygens (including phenoxy) is 2. The van der Waals surface area contributed by atoms with Gasteiger partial charge < -0.3 is 34.3 Å². The molecule has 0 amide bonds. The standard InChI is InChI=1S/C21H19FO8/c22-14-4-2-1-3-11(14)13-9-28-15-7-10(5-6-12(15)17(13)24)29-21-20(27)19(26)18(25)16(8-23)30-21/h1-7,9,16,18-21,23,25-27H,8H2/t16-,18+,19+,20-,21-/m0/s1. The summed E-state index contributed by atoms with van der Waals surface area (Å²) in [5, 5.41) is 39.2. The second-order valence-electron chi connectivity index (χ2n) is 6.93. The second kappa shape index (κ2) is 8.13. The highest BCUT2D eigenvalue weighted by atomic mass is 19.1. The van der Waals surface area contributed by atoms with Crippen molar-refractivity contribution < 1.29 is 38.7 Å². The molecule has 0 bridgehead atoms. The molecular weight excluding hydrogens is 399 g/mol. The van der Waals surface area contributed by atoms with E-state index in [4.69, 9.17) is 13.9 Å². The van der Waals surface area contributed by atoms with Crippen LogP contribution in [-0.2, 0) is 4.74 Å². The lowest BCUT2D eigenvalue weighted by atomic mass is 9.99. The summed E-state index contributed by atoms with van der Waals surface area (Å²) in [7, 11) is 0. The fraction of sp³-hybridized carbons (Fsp3) is 0.286. The van der Waals surface area contributed by atoms with Crippen LogP contribution >= 0.6 is 0 Å². The van der Waals surface area contributed by atoms with Gasteiger partial charge in [-0.2, -0.15) is 0 Å². The first-order valence-corrected chi connectivity index (χ1v) is 9.18. The molecule has 1 aliphatic rings. The van der Waals surface area contributed by atoms with E-state index in [-0.39, 0.29) is 27.8 Å². The molecule has 1 saturated heterocycles. The number of hydrogen-bond acceptors (Lipinski definition) is 8. The Balaban J connectivity index is 1.64. The van der Waals surface area contributed by atoms with Gasteiger partial charge in [0.15, 0.2) is 0 Å². The van der Waals surface area contributed by atoms with Gasteiger partial charge >= 0.3 is 0 Å². The van der Waals surface area contributed by atoms with Crippen LogP contribution in [0.2, 0.25) is 0 Å². The molecule has 3 aromatic rings. The van der Waals surface area contributed by atoms with Crippen LogP contribution in [0.25, 0.3) is 22.1 Å². The van der Waals surface area contributed by atoms with Gasteiger partial charge in [-0.3, -0.25) is 4.79 Å². The zero-order chi connectivity index (χ0) is 21.4. The molecule has 0 spiro atoms. The lowest BCUT2D eigenvalue weighted by Crippen LogP contribution is -2.60. The normalized spacial score (nSPS) is 26.6. The topological polar surface area (TPSA) is 130 Å². The van der Waals surface area contributed by atoms with Crippen molar-refractivity contribution in [1.82, 2.24) is 0 Å². The number of fused-ring (bicyclic) bond motifs is 1. The molecule has 30 heavy (non-hydrogen) atoms. The van der Waals surface area contributed by atoms with Crippen molar-refractivity contribution in [2.24, 2.45) is 0 Å². The molecule has 8 nitrogen and oxygen atoms in total. The summed E-state index contributed by atoms with van der Waals surface area (Å²) < 4.78 is 30.4. The Kier molecular flexibility index (Phi) is 5.54. The predicted molar refractivity (Wildman–Crippen MR) is 102 cm³/mol. The molecule has 2 heterocycles. The molecule has 2 aromatic carbocycles. The first kappa shape index (κ1) is 20.5. The van der Waals surface area contributed by atoms with E-state index in [9.17, 15) is 29.6 Å². The highest BCUT2D eigenvalue weighted by Gasteiger charge is 2.44. The van der Waals surface area contributed by atoms with Crippen LogP contribution in [0, 0.1) is 5.82 Å². The third-order valence-electron chi connectivity index (χ3n) is 5.01. The monoisotopic (exact) mass is 418 g/mol. The first-order valence-electron chi connectivity index (χ1n) is 9.18. The molecule has 5 atom stereocenters. The minimum atomic E-state index is -1.58. The lowest BCUT2D eigenvalue weighted by Gasteiger charge is -2.39. The van der Waals surface area contributed by atoms with E-state index >= 15 is 0 Å². The number of halogens is 1. The van der Waals surface area contributed by atoms with E-state index in [1.807, 2.05) is 0 Å². The fourth-order valence-electron chi connectivity index (χ4n) is 3.35. The number of rotatable bonds is 4. The maximum atomic E-state index is 14.0. The predicted octanol–water partition coefficient (Wildman–Crippen LogP) is 0.778. The highest BCUT2D eigenvalue weighted by molar-refractivity contribution is 5.82. The van der Waals surface area contributed by atoms with Crippen molar-refractivity contribution in [2.45, 2.75) is 30.7 Å². The average Bonchev–Trinajstić information content (AvgIpc) is 2.75. The maximum Gasteiger partial charge on any atom is 0.229 e. The Bertz CT molecular complexity index is 1110. The van der Waals surface area contributed by atoms with Crippen LogP contribution in [0.1, 0.15) is 0 Å². The molecule has 4 N–H and O–H groups in total. The summed E-state index contributed by atoms with van der Waals surface area (Å²) in [6, 6.07) is 10.1. The van der Waals surface area contributed by atoms with Gasteiger partial charge in [0.05, 0.1) is 17.6 Å². The van der Waals surface area contributed by atoms with Crippen molar-refractivity contribution >= 4 is 11.0 Å². The van der Waals surface area contributed by atoms with Crippen LogP contribution in [-0.4, -0.2) is 57.7 Å². The summed E-state index contributed by atoms with van der Waals surface area (Å²) in [5.41, 5.74) is -0.0825. The molecule has 0 radical (unpaired) electrons.